The third-order valence-electron chi connectivity index (χ3n) is 3.89. The molecule has 2 rings (SSSR count). The summed E-state index contributed by atoms with van der Waals surface area (Å²) in [6, 6.07) is 12.2. The first kappa shape index (κ1) is 22.1. The Hall–Kier alpha value is -3.22. The summed E-state index contributed by atoms with van der Waals surface area (Å²) < 4.78 is 11.1. The van der Waals surface area contributed by atoms with Crippen molar-refractivity contribution in [2.75, 3.05) is 18.5 Å². The quantitative estimate of drug-likeness (QED) is 0.596. The fraction of sp³-hybridized carbons (Fsp3) is 0.364. The minimum atomic E-state index is -0.228. The number of carbonyl (C=O) groups is 2. The second-order valence-electron chi connectivity index (χ2n) is 6.66. The van der Waals surface area contributed by atoms with Crippen molar-refractivity contribution >= 4 is 17.6 Å². The van der Waals surface area contributed by atoms with Crippen LogP contribution >= 0.6 is 0 Å². The van der Waals surface area contributed by atoms with E-state index >= 15 is 0 Å². The fourth-order valence-electron chi connectivity index (χ4n) is 2.60. The van der Waals surface area contributed by atoms with Gasteiger partial charge in [0.15, 0.2) is 11.5 Å². The van der Waals surface area contributed by atoms with Gasteiger partial charge in [0.25, 0.3) is 5.91 Å². The Balaban J connectivity index is 1.98. The third-order valence-corrected chi connectivity index (χ3v) is 3.89. The molecule has 0 fully saturated rings. The van der Waals surface area contributed by atoms with E-state index in [4.69, 9.17) is 9.47 Å². The standard InChI is InChI=1S/C22H29N3O4/c1-5-28-19-12-11-18(13-20(19)29-6-2)25-21(26)17-9-7-16(8-10-17)14-23-22(27)24-15(3)4/h7-13,15H,5-6,14H2,1-4H3,(H,25,26)(H2,23,24,27). The number of benzene rings is 2. The molecule has 7 nitrogen and oxygen atoms in total. The summed E-state index contributed by atoms with van der Waals surface area (Å²) in [6.45, 7) is 9.01. The molecule has 0 heterocycles. The van der Waals surface area contributed by atoms with Gasteiger partial charge < -0.3 is 25.4 Å². The molecule has 0 saturated heterocycles. The van der Waals surface area contributed by atoms with Crippen molar-refractivity contribution in [3.63, 3.8) is 0 Å². The molecule has 0 spiro atoms. The van der Waals surface area contributed by atoms with Crippen molar-refractivity contribution in [2.45, 2.75) is 40.3 Å². The van der Waals surface area contributed by atoms with Crippen LogP contribution in [0.25, 0.3) is 0 Å². The predicted octanol–water partition coefficient (Wildman–Crippen LogP) is 3.94. The summed E-state index contributed by atoms with van der Waals surface area (Å²) in [4.78, 5) is 24.2. The average molecular weight is 399 g/mol. The summed E-state index contributed by atoms with van der Waals surface area (Å²) in [5.41, 5.74) is 2.05. The van der Waals surface area contributed by atoms with Gasteiger partial charge in [-0.3, -0.25) is 4.79 Å². The molecule has 0 aliphatic carbocycles. The van der Waals surface area contributed by atoms with Gasteiger partial charge in [-0.15, -0.1) is 0 Å². The molecule has 2 aromatic rings. The fourth-order valence-corrected chi connectivity index (χ4v) is 2.60. The van der Waals surface area contributed by atoms with E-state index in [1.54, 1.807) is 30.3 Å². The average Bonchev–Trinajstić information content (AvgIpc) is 2.68. The van der Waals surface area contributed by atoms with Crippen LogP contribution in [-0.2, 0) is 6.54 Å². The highest BCUT2D eigenvalue weighted by Crippen LogP contribution is 2.30. The van der Waals surface area contributed by atoms with Crippen LogP contribution in [-0.4, -0.2) is 31.2 Å². The Kier molecular flexibility index (Phi) is 8.33. The number of hydrogen-bond donors (Lipinski definition) is 3. The van der Waals surface area contributed by atoms with E-state index in [1.807, 2.05) is 39.8 Å². The maximum Gasteiger partial charge on any atom is 0.315 e. The molecule has 0 atom stereocenters. The van der Waals surface area contributed by atoms with Crippen LogP contribution in [0.1, 0.15) is 43.6 Å². The van der Waals surface area contributed by atoms with Gasteiger partial charge in [-0.2, -0.15) is 0 Å². The maximum atomic E-state index is 12.5. The van der Waals surface area contributed by atoms with Crippen LogP contribution in [0, 0.1) is 0 Å². The molecule has 0 bridgehead atoms. The van der Waals surface area contributed by atoms with Crippen LogP contribution in [0.4, 0.5) is 10.5 Å². The normalized spacial score (nSPS) is 10.4. The molecule has 0 unspecified atom stereocenters. The van der Waals surface area contributed by atoms with Crippen LogP contribution in [0.15, 0.2) is 42.5 Å². The van der Waals surface area contributed by atoms with Gasteiger partial charge in [-0.1, -0.05) is 12.1 Å². The van der Waals surface area contributed by atoms with Gasteiger partial charge in [0.05, 0.1) is 13.2 Å². The van der Waals surface area contributed by atoms with Crippen molar-refractivity contribution in [3.8, 4) is 11.5 Å². The number of anilines is 1. The van der Waals surface area contributed by atoms with E-state index in [9.17, 15) is 9.59 Å². The van der Waals surface area contributed by atoms with Crippen LogP contribution in [0.5, 0.6) is 11.5 Å². The molecule has 0 aromatic heterocycles. The molecule has 0 aliphatic rings. The molecule has 0 radical (unpaired) electrons. The summed E-state index contributed by atoms with van der Waals surface area (Å²) in [5, 5.41) is 8.40. The topological polar surface area (TPSA) is 88.7 Å². The van der Waals surface area contributed by atoms with Crippen LogP contribution in [0.2, 0.25) is 0 Å². The molecule has 3 amide bonds. The van der Waals surface area contributed by atoms with E-state index < -0.39 is 0 Å². The molecular weight excluding hydrogens is 370 g/mol. The number of carbonyl (C=O) groups excluding carboxylic acids is 2. The smallest absolute Gasteiger partial charge is 0.315 e. The number of rotatable bonds is 9. The lowest BCUT2D eigenvalue weighted by Gasteiger charge is -2.13. The lowest BCUT2D eigenvalue weighted by molar-refractivity contribution is 0.102. The first-order valence-corrected chi connectivity index (χ1v) is 9.77. The molecule has 0 aliphatic heterocycles. The number of amides is 3. The highest BCUT2D eigenvalue weighted by Gasteiger charge is 2.10. The molecular formula is C22H29N3O4. The number of hydrogen-bond acceptors (Lipinski definition) is 4. The Morgan fingerprint density at radius 3 is 2.21 bits per heavy atom. The molecule has 0 saturated carbocycles. The first-order chi connectivity index (χ1) is 13.9. The highest BCUT2D eigenvalue weighted by atomic mass is 16.5. The zero-order chi connectivity index (χ0) is 21.2. The summed E-state index contributed by atoms with van der Waals surface area (Å²) in [5.74, 6) is 1.01. The summed E-state index contributed by atoms with van der Waals surface area (Å²) in [7, 11) is 0. The predicted molar refractivity (Wildman–Crippen MR) is 114 cm³/mol. The van der Waals surface area contributed by atoms with Gasteiger partial charge in [0.2, 0.25) is 0 Å². The van der Waals surface area contributed by atoms with E-state index in [1.165, 1.54) is 0 Å². The first-order valence-electron chi connectivity index (χ1n) is 9.77. The molecule has 29 heavy (non-hydrogen) atoms. The Bertz CT molecular complexity index is 819. The molecule has 7 heteroatoms. The monoisotopic (exact) mass is 399 g/mol. The van der Waals surface area contributed by atoms with E-state index in [-0.39, 0.29) is 18.0 Å². The largest absolute Gasteiger partial charge is 0.490 e. The lowest BCUT2D eigenvalue weighted by Crippen LogP contribution is -2.39. The minimum absolute atomic E-state index is 0.0758. The second kappa shape index (κ2) is 10.9. The van der Waals surface area contributed by atoms with E-state index in [0.717, 1.165) is 5.56 Å². The Labute approximate surface area is 171 Å². The minimum Gasteiger partial charge on any atom is -0.490 e. The number of ether oxygens (including phenoxy) is 2. The van der Waals surface area contributed by atoms with Gasteiger partial charge in [0.1, 0.15) is 0 Å². The zero-order valence-corrected chi connectivity index (χ0v) is 17.4. The Morgan fingerprint density at radius 2 is 1.59 bits per heavy atom. The molecule has 2 aromatic carbocycles. The van der Waals surface area contributed by atoms with E-state index in [0.29, 0.717) is 42.5 Å². The van der Waals surface area contributed by atoms with Crippen LogP contribution < -0.4 is 25.4 Å². The Morgan fingerprint density at radius 1 is 0.931 bits per heavy atom. The molecule has 156 valence electrons. The second-order valence-corrected chi connectivity index (χ2v) is 6.66. The van der Waals surface area contributed by atoms with Gasteiger partial charge in [-0.05, 0) is 57.5 Å². The van der Waals surface area contributed by atoms with Crippen molar-refractivity contribution in [2.24, 2.45) is 0 Å². The number of nitrogens with one attached hydrogen (secondary N) is 3. The van der Waals surface area contributed by atoms with Gasteiger partial charge >= 0.3 is 6.03 Å². The third kappa shape index (κ3) is 7.03. The highest BCUT2D eigenvalue weighted by molar-refractivity contribution is 6.04. The van der Waals surface area contributed by atoms with Crippen LogP contribution in [0.3, 0.4) is 0 Å². The van der Waals surface area contributed by atoms with Crippen molar-refractivity contribution < 1.29 is 19.1 Å². The zero-order valence-electron chi connectivity index (χ0n) is 17.4. The molecule has 3 N–H and O–H groups in total. The SMILES string of the molecule is CCOc1ccc(NC(=O)c2ccc(CNC(=O)NC(C)C)cc2)cc1OCC. The van der Waals surface area contributed by atoms with Gasteiger partial charge in [0, 0.05) is 29.9 Å². The lowest BCUT2D eigenvalue weighted by atomic mass is 10.1. The van der Waals surface area contributed by atoms with Gasteiger partial charge in [-0.25, -0.2) is 4.79 Å². The number of urea groups is 1. The maximum absolute atomic E-state index is 12.5. The van der Waals surface area contributed by atoms with Crippen molar-refractivity contribution in [1.29, 1.82) is 0 Å². The summed E-state index contributed by atoms with van der Waals surface area (Å²) >= 11 is 0. The van der Waals surface area contributed by atoms with Crippen molar-refractivity contribution in [1.82, 2.24) is 10.6 Å². The van der Waals surface area contributed by atoms with E-state index in [2.05, 4.69) is 16.0 Å². The van der Waals surface area contributed by atoms with Crippen molar-refractivity contribution in [3.05, 3.63) is 53.6 Å². The summed E-state index contributed by atoms with van der Waals surface area (Å²) in [6.07, 6.45) is 0.